The second kappa shape index (κ2) is 44.7. The van der Waals surface area contributed by atoms with Gasteiger partial charge in [0.1, 0.15) is 5.67 Å². The van der Waals surface area contributed by atoms with E-state index in [4.69, 9.17) is 16.3 Å². The highest BCUT2D eigenvalue weighted by Crippen LogP contribution is 2.33. The first-order valence-electron chi connectivity index (χ1n) is 30.8. The second-order valence-electron chi connectivity index (χ2n) is 25.0. The molecule has 9 nitrogen and oxygen atoms in total. The molecular formula is C71H140ClFN8OS. The van der Waals surface area contributed by atoms with Gasteiger partial charge in [0.15, 0.2) is 5.88 Å². The van der Waals surface area contributed by atoms with Gasteiger partial charge >= 0.3 is 0 Å². The van der Waals surface area contributed by atoms with E-state index in [0.717, 1.165) is 39.5 Å². The summed E-state index contributed by atoms with van der Waals surface area (Å²) < 4.78 is 20.6. The SMILES string of the molecule is C=C(CC)N(C)C(C)C.C=C(N(C)C(C)C)C(C)(C)Cl.C=C(N(C)C(C)C)C(C)(C)F.C=C(OCC)N(C)C(C)C.C=C(SCC)N(C)C(C)C.C=C1C(C)=C(C)C(C)N1C(C)C.C=c1c(C)c(C)c(=C)n1C(C)C.CCCN(C)C(C)C. The molecule has 0 bridgehead atoms. The van der Waals surface area contributed by atoms with Crippen molar-refractivity contribution in [1.29, 1.82) is 0 Å². The van der Waals surface area contributed by atoms with E-state index in [-0.39, 0.29) is 4.87 Å². The van der Waals surface area contributed by atoms with Gasteiger partial charge in [-0.1, -0.05) is 66.8 Å². The van der Waals surface area contributed by atoms with Crippen LogP contribution in [0.4, 0.5) is 4.39 Å². The lowest BCUT2D eigenvalue weighted by Gasteiger charge is -2.32. The highest BCUT2D eigenvalue weighted by molar-refractivity contribution is 8.02. The van der Waals surface area contributed by atoms with Gasteiger partial charge in [0.25, 0.3) is 0 Å². The molecule has 2 rings (SSSR count). The van der Waals surface area contributed by atoms with Gasteiger partial charge in [-0.2, -0.15) is 0 Å². The van der Waals surface area contributed by atoms with Crippen molar-refractivity contribution in [3.05, 3.63) is 106 Å². The van der Waals surface area contributed by atoms with Crippen LogP contribution in [0.15, 0.2) is 84.3 Å². The van der Waals surface area contributed by atoms with Gasteiger partial charge in [-0.05, 0) is 241 Å². The van der Waals surface area contributed by atoms with Crippen LogP contribution in [0.3, 0.4) is 0 Å². The number of hydrogen-bond acceptors (Lipinski definition) is 9. The summed E-state index contributed by atoms with van der Waals surface area (Å²) in [5.41, 5.74) is 7.99. The Kier molecular flexibility index (Phi) is 48.8. The molecule has 0 amide bonds. The molecular weight excluding hydrogens is 1070 g/mol. The maximum Gasteiger partial charge on any atom is 0.181 e. The number of allylic oxidation sites excluding steroid dienone is 4. The molecule has 0 saturated carbocycles. The Bertz CT molecular complexity index is 2040. The average Bonchev–Trinajstić information content (AvgIpc) is 3.70. The fraction of sp³-hybridized carbons (Fsp3) is 0.718. The fourth-order valence-electron chi connectivity index (χ4n) is 7.32. The van der Waals surface area contributed by atoms with Crippen LogP contribution in [0.5, 0.6) is 0 Å². The summed E-state index contributed by atoms with van der Waals surface area (Å²) in [6.45, 7) is 93.9. The van der Waals surface area contributed by atoms with E-state index in [9.17, 15) is 4.39 Å². The molecule has 0 fully saturated rings. The van der Waals surface area contributed by atoms with Crippen LogP contribution in [0.1, 0.15) is 217 Å². The normalized spacial score (nSPS) is 12.9. The lowest BCUT2D eigenvalue weighted by molar-refractivity contribution is 0.122. The standard InChI is InChI=1S/C11H19N.C11H17N.C9H18ClN.C9H18FN.C8H17NO.C8H17NS.C8H17N.C7H17N/c2*1-7(2)12-10(5)8(3)9(4)11(12)6;2*1-7(2)11(6)8(3)9(4,5)10;2*1-6-10-8(4)9(5)7(2)3;1-6-8(4)9(5)7(2)3;1-5-6-8(4)7(2)3/h7,11H,5H2,1-4,6H3;7H,5-6H2,1-4H3;2*7H,3H2,1-2,4-6H3;2*7H,4,6H2,1-3,5H3;7H,4,6H2,1-3,5H3;7H,5-6H2,1-4H3. The van der Waals surface area contributed by atoms with E-state index in [1.807, 2.05) is 65.6 Å². The molecule has 490 valence electrons. The Balaban J connectivity index is -0.000000205. The third-order valence-electron chi connectivity index (χ3n) is 15.3. The van der Waals surface area contributed by atoms with Crippen molar-refractivity contribution in [2.45, 2.75) is 279 Å². The maximum absolute atomic E-state index is 13.3. The molecule has 1 unspecified atom stereocenters. The topological polar surface area (TPSA) is 36.8 Å². The molecule has 0 N–H and O–H groups in total. The molecule has 1 aliphatic heterocycles. The molecule has 2 heterocycles. The predicted octanol–water partition coefficient (Wildman–Crippen LogP) is 18.3. The first kappa shape index (κ1) is 90.5. The molecule has 0 radical (unpaired) electrons. The predicted molar refractivity (Wildman–Crippen MR) is 382 cm³/mol. The Labute approximate surface area is 527 Å². The van der Waals surface area contributed by atoms with Crippen LogP contribution in [0.25, 0.3) is 13.2 Å². The minimum Gasteiger partial charge on any atom is -0.480 e. The number of hydrogen-bond donors (Lipinski definition) is 0. The fourth-order valence-corrected chi connectivity index (χ4v) is 8.20. The number of aromatic nitrogens is 1. The number of rotatable bonds is 22. The quantitative estimate of drug-likeness (QED) is 0.0834. The lowest BCUT2D eigenvalue weighted by atomic mass is 10.1. The van der Waals surface area contributed by atoms with Crippen LogP contribution in [-0.2, 0) is 4.74 Å². The number of halogens is 2. The van der Waals surface area contributed by atoms with E-state index < -0.39 is 5.67 Å². The van der Waals surface area contributed by atoms with Crippen molar-refractivity contribution >= 4 is 36.5 Å². The zero-order valence-corrected chi connectivity index (χ0v) is 63.1. The highest BCUT2D eigenvalue weighted by Gasteiger charge is 2.29. The molecule has 1 aliphatic rings. The van der Waals surface area contributed by atoms with Crippen LogP contribution in [-0.4, -0.2) is 159 Å². The molecule has 0 spiro atoms. The summed E-state index contributed by atoms with van der Waals surface area (Å²) in [6.07, 6.45) is 2.31. The minimum absolute atomic E-state index is 0.303. The first-order chi connectivity index (χ1) is 37.4. The van der Waals surface area contributed by atoms with Crippen molar-refractivity contribution < 1.29 is 9.13 Å². The average molecular weight is 1210 g/mol. The molecule has 83 heavy (non-hydrogen) atoms. The van der Waals surface area contributed by atoms with E-state index in [1.165, 1.54) is 60.5 Å². The van der Waals surface area contributed by atoms with Crippen LogP contribution < -0.4 is 10.7 Å². The van der Waals surface area contributed by atoms with Crippen LogP contribution in [0.2, 0.25) is 0 Å². The van der Waals surface area contributed by atoms with Gasteiger partial charge < -0.3 is 43.6 Å². The Morgan fingerprint density at radius 3 is 1.13 bits per heavy atom. The zero-order chi connectivity index (χ0) is 67.7. The molecule has 0 aliphatic carbocycles. The van der Waals surface area contributed by atoms with Gasteiger partial charge in [0.2, 0.25) is 0 Å². The highest BCUT2D eigenvalue weighted by atomic mass is 35.5. The minimum atomic E-state index is -1.31. The van der Waals surface area contributed by atoms with Crippen LogP contribution in [0, 0.1) is 13.8 Å². The zero-order valence-electron chi connectivity index (χ0n) is 61.5. The molecule has 12 heteroatoms. The largest absolute Gasteiger partial charge is 0.480 e. The Hall–Kier alpha value is -3.67. The van der Waals surface area contributed by atoms with Crippen molar-refractivity contribution in [2.24, 2.45) is 0 Å². The molecule has 1 atom stereocenters. The molecule has 1 aromatic heterocycles. The molecule has 1 aromatic rings. The van der Waals surface area contributed by atoms with Crippen molar-refractivity contribution in [2.75, 3.05) is 61.2 Å². The lowest BCUT2D eigenvalue weighted by Crippen LogP contribution is -2.34. The van der Waals surface area contributed by atoms with Crippen molar-refractivity contribution in [3.63, 3.8) is 0 Å². The van der Waals surface area contributed by atoms with Gasteiger partial charge in [-0.15, -0.1) is 23.4 Å². The summed E-state index contributed by atoms with van der Waals surface area (Å²) in [5, 5.41) is 3.37. The van der Waals surface area contributed by atoms with E-state index in [1.54, 1.807) is 11.8 Å². The summed E-state index contributed by atoms with van der Waals surface area (Å²) in [5.74, 6) is 1.85. The number of nitrogens with zero attached hydrogens (tertiary/aromatic N) is 8. The van der Waals surface area contributed by atoms with Gasteiger partial charge in [0.05, 0.1) is 16.5 Å². The summed E-state index contributed by atoms with van der Waals surface area (Å²) in [7, 11) is 12.2. The number of thioether (sulfide) groups is 1. The summed E-state index contributed by atoms with van der Waals surface area (Å²) >= 11 is 7.88. The second-order valence-corrected chi connectivity index (χ2v) is 27.3. The number of alkyl halides is 2. The molecule has 0 aromatic carbocycles. The maximum atomic E-state index is 13.3. The van der Waals surface area contributed by atoms with Gasteiger partial charge in [0, 0.05) is 123 Å². The van der Waals surface area contributed by atoms with Crippen molar-refractivity contribution in [3.8, 4) is 0 Å². The monoisotopic (exact) mass is 1210 g/mol. The van der Waals surface area contributed by atoms with E-state index in [0.29, 0.717) is 66.7 Å². The number of ether oxygens (including phenoxy) is 1. The van der Waals surface area contributed by atoms with E-state index in [2.05, 4.69) is 255 Å². The third-order valence-corrected chi connectivity index (χ3v) is 16.5. The van der Waals surface area contributed by atoms with Crippen molar-refractivity contribution in [1.82, 2.24) is 38.9 Å². The summed E-state index contributed by atoms with van der Waals surface area (Å²) in [4.78, 5) is 14.7. The smallest absolute Gasteiger partial charge is 0.181 e. The van der Waals surface area contributed by atoms with Gasteiger partial charge in [-0.3, -0.25) is 0 Å². The Morgan fingerprint density at radius 2 is 0.964 bits per heavy atom. The molecule has 0 saturated heterocycles. The van der Waals surface area contributed by atoms with E-state index >= 15 is 0 Å². The summed E-state index contributed by atoms with van der Waals surface area (Å²) in [6, 6.07) is 4.62. The first-order valence-corrected chi connectivity index (χ1v) is 32.2. The van der Waals surface area contributed by atoms with Crippen LogP contribution >= 0.6 is 23.4 Å². The third kappa shape index (κ3) is 36.8. The Morgan fingerprint density at radius 1 is 0.590 bits per heavy atom. The van der Waals surface area contributed by atoms with Gasteiger partial charge in [-0.25, -0.2) is 4.39 Å².